The van der Waals surface area contributed by atoms with E-state index in [9.17, 15) is 14.0 Å². The van der Waals surface area contributed by atoms with Crippen LogP contribution in [0.4, 0.5) is 4.39 Å². The molecule has 31 heavy (non-hydrogen) atoms. The third kappa shape index (κ3) is 5.75. The van der Waals surface area contributed by atoms with E-state index in [2.05, 4.69) is 13.8 Å². The minimum Gasteiger partial charge on any atom is -0.493 e. The quantitative estimate of drug-likeness (QED) is 0.672. The van der Waals surface area contributed by atoms with Gasteiger partial charge in [-0.1, -0.05) is 13.8 Å². The Morgan fingerprint density at radius 2 is 1.45 bits per heavy atom. The molecule has 1 heterocycles. The van der Waals surface area contributed by atoms with E-state index < -0.39 is 0 Å². The average Bonchev–Trinajstić information content (AvgIpc) is 2.78. The first-order valence-electron chi connectivity index (χ1n) is 10.5. The number of piperazine rings is 1. The standard InChI is InChI=1S/C24H29FN2O4/c1-17(2)10-15-31-21-9-6-19(16-22(21)30-3)24(29)27-13-11-26(12-14-27)23(28)18-4-7-20(25)8-5-18/h4-9,16-17H,10-15H2,1-3H3. The Balaban J connectivity index is 1.59. The van der Waals surface area contributed by atoms with E-state index in [4.69, 9.17) is 9.47 Å². The summed E-state index contributed by atoms with van der Waals surface area (Å²) < 4.78 is 24.3. The van der Waals surface area contributed by atoms with Crippen molar-refractivity contribution < 1.29 is 23.5 Å². The number of halogens is 1. The molecular weight excluding hydrogens is 399 g/mol. The molecule has 0 atom stereocenters. The number of amides is 2. The molecule has 6 nitrogen and oxygen atoms in total. The summed E-state index contributed by atoms with van der Waals surface area (Å²) in [5, 5.41) is 0. The molecule has 2 aromatic rings. The molecule has 1 aliphatic rings. The fraction of sp³-hybridized carbons (Fsp3) is 0.417. The minimum absolute atomic E-state index is 0.110. The maximum absolute atomic E-state index is 13.1. The van der Waals surface area contributed by atoms with Gasteiger partial charge in [0.05, 0.1) is 13.7 Å². The van der Waals surface area contributed by atoms with Gasteiger partial charge < -0.3 is 19.3 Å². The van der Waals surface area contributed by atoms with E-state index >= 15 is 0 Å². The van der Waals surface area contributed by atoms with Crippen molar-refractivity contribution in [2.45, 2.75) is 20.3 Å². The smallest absolute Gasteiger partial charge is 0.254 e. The van der Waals surface area contributed by atoms with Crippen molar-refractivity contribution in [1.82, 2.24) is 9.80 Å². The van der Waals surface area contributed by atoms with Gasteiger partial charge in [0, 0.05) is 37.3 Å². The van der Waals surface area contributed by atoms with Gasteiger partial charge in [-0.3, -0.25) is 9.59 Å². The maximum Gasteiger partial charge on any atom is 0.254 e. The molecule has 0 N–H and O–H groups in total. The summed E-state index contributed by atoms with van der Waals surface area (Å²) in [5.41, 5.74) is 0.963. The molecule has 1 saturated heterocycles. The number of nitrogens with zero attached hydrogens (tertiary/aromatic N) is 2. The highest BCUT2D eigenvalue weighted by atomic mass is 19.1. The first kappa shape index (κ1) is 22.6. The van der Waals surface area contributed by atoms with Gasteiger partial charge in [-0.2, -0.15) is 0 Å². The van der Waals surface area contributed by atoms with Crippen LogP contribution < -0.4 is 9.47 Å². The van der Waals surface area contributed by atoms with Crippen LogP contribution >= 0.6 is 0 Å². The number of hydrogen-bond acceptors (Lipinski definition) is 4. The topological polar surface area (TPSA) is 59.1 Å². The summed E-state index contributed by atoms with van der Waals surface area (Å²) in [6.45, 7) is 6.57. The number of methoxy groups -OCH3 is 1. The van der Waals surface area contributed by atoms with Gasteiger partial charge in [-0.15, -0.1) is 0 Å². The van der Waals surface area contributed by atoms with Crippen LogP contribution in [0.15, 0.2) is 42.5 Å². The fourth-order valence-electron chi connectivity index (χ4n) is 3.39. The predicted octanol–water partition coefficient (Wildman–Crippen LogP) is 3.86. The zero-order chi connectivity index (χ0) is 22.4. The van der Waals surface area contributed by atoms with E-state index in [1.165, 1.54) is 24.3 Å². The SMILES string of the molecule is COc1cc(C(=O)N2CCN(C(=O)c3ccc(F)cc3)CC2)ccc1OCCC(C)C. The van der Waals surface area contributed by atoms with Crippen molar-refractivity contribution in [2.24, 2.45) is 5.92 Å². The number of rotatable bonds is 7. The normalized spacial score (nSPS) is 14.0. The van der Waals surface area contributed by atoms with Gasteiger partial charge in [0.1, 0.15) is 5.82 Å². The fourth-order valence-corrected chi connectivity index (χ4v) is 3.39. The Bertz CT molecular complexity index is 906. The lowest BCUT2D eigenvalue weighted by Crippen LogP contribution is -2.50. The second kappa shape index (κ2) is 10.3. The highest BCUT2D eigenvalue weighted by molar-refractivity contribution is 5.96. The summed E-state index contributed by atoms with van der Waals surface area (Å²) >= 11 is 0. The summed E-state index contributed by atoms with van der Waals surface area (Å²) in [7, 11) is 1.55. The Morgan fingerprint density at radius 3 is 2.00 bits per heavy atom. The summed E-state index contributed by atoms with van der Waals surface area (Å²) in [6.07, 6.45) is 0.935. The van der Waals surface area contributed by atoms with Crippen molar-refractivity contribution in [1.29, 1.82) is 0 Å². The van der Waals surface area contributed by atoms with Crippen molar-refractivity contribution in [2.75, 3.05) is 39.9 Å². The second-order valence-corrected chi connectivity index (χ2v) is 7.99. The van der Waals surface area contributed by atoms with E-state index in [1.807, 2.05) is 0 Å². The molecule has 0 spiro atoms. The monoisotopic (exact) mass is 428 g/mol. The van der Waals surface area contributed by atoms with E-state index in [1.54, 1.807) is 35.1 Å². The maximum atomic E-state index is 13.1. The first-order chi connectivity index (χ1) is 14.9. The van der Waals surface area contributed by atoms with Crippen LogP contribution in [-0.4, -0.2) is 61.5 Å². The van der Waals surface area contributed by atoms with Crippen LogP contribution in [0.5, 0.6) is 11.5 Å². The molecule has 3 rings (SSSR count). The Kier molecular flexibility index (Phi) is 7.50. The largest absolute Gasteiger partial charge is 0.493 e. The Morgan fingerprint density at radius 1 is 0.903 bits per heavy atom. The Labute approximate surface area is 182 Å². The predicted molar refractivity (Wildman–Crippen MR) is 116 cm³/mol. The van der Waals surface area contributed by atoms with Crippen LogP contribution in [0.25, 0.3) is 0 Å². The van der Waals surface area contributed by atoms with E-state index in [0.29, 0.717) is 61.3 Å². The lowest BCUT2D eigenvalue weighted by atomic mass is 10.1. The molecular formula is C24H29FN2O4. The molecule has 1 aliphatic heterocycles. The van der Waals surface area contributed by atoms with Gasteiger partial charge >= 0.3 is 0 Å². The Hall–Kier alpha value is -3.09. The molecule has 0 bridgehead atoms. The average molecular weight is 429 g/mol. The second-order valence-electron chi connectivity index (χ2n) is 7.99. The molecule has 2 amide bonds. The minimum atomic E-state index is -0.376. The van der Waals surface area contributed by atoms with E-state index in [-0.39, 0.29) is 17.6 Å². The lowest BCUT2D eigenvalue weighted by molar-refractivity contribution is 0.0535. The molecule has 1 fully saturated rings. The van der Waals surface area contributed by atoms with Crippen molar-refractivity contribution in [3.8, 4) is 11.5 Å². The number of hydrogen-bond donors (Lipinski definition) is 0. The van der Waals surface area contributed by atoms with E-state index in [0.717, 1.165) is 6.42 Å². The van der Waals surface area contributed by atoms with Gasteiger partial charge in [0.15, 0.2) is 11.5 Å². The zero-order valence-electron chi connectivity index (χ0n) is 18.3. The highest BCUT2D eigenvalue weighted by Gasteiger charge is 2.26. The van der Waals surface area contributed by atoms with Crippen LogP contribution in [0.1, 0.15) is 41.0 Å². The lowest BCUT2D eigenvalue weighted by Gasteiger charge is -2.35. The van der Waals surface area contributed by atoms with Gasteiger partial charge in [0.2, 0.25) is 0 Å². The molecule has 2 aromatic carbocycles. The van der Waals surface area contributed by atoms with Gasteiger partial charge in [0.25, 0.3) is 11.8 Å². The third-order valence-electron chi connectivity index (χ3n) is 5.31. The van der Waals surface area contributed by atoms with Gasteiger partial charge in [-0.25, -0.2) is 4.39 Å². The number of carbonyl (C=O) groups excluding carboxylic acids is 2. The van der Waals surface area contributed by atoms with Crippen LogP contribution in [-0.2, 0) is 0 Å². The number of ether oxygens (including phenoxy) is 2. The third-order valence-corrected chi connectivity index (χ3v) is 5.31. The van der Waals surface area contributed by atoms with Crippen LogP contribution in [0.3, 0.4) is 0 Å². The molecule has 7 heteroatoms. The zero-order valence-corrected chi connectivity index (χ0v) is 18.3. The first-order valence-corrected chi connectivity index (χ1v) is 10.5. The molecule has 0 aromatic heterocycles. The molecule has 166 valence electrons. The van der Waals surface area contributed by atoms with Crippen molar-refractivity contribution in [3.05, 3.63) is 59.4 Å². The van der Waals surface area contributed by atoms with Crippen molar-refractivity contribution >= 4 is 11.8 Å². The molecule has 0 radical (unpaired) electrons. The van der Waals surface area contributed by atoms with Crippen LogP contribution in [0, 0.1) is 11.7 Å². The summed E-state index contributed by atoms with van der Waals surface area (Å²) in [4.78, 5) is 28.9. The summed E-state index contributed by atoms with van der Waals surface area (Å²) in [5.74, 6) is 1.05. The molecule has 0 unspecified atom stereocenters. The highest BCUT2D eigenvalue weighted by Crippen LogP contribution is 2.29. The van der Waals surface area contributed by atoms with Gasteiger partial charge in [-0.05, 0) is 54.8 Å². The summed E-state index contributed by atoms with van der Waals surface area (Å²) in [6, 6.07) is 10.7. The molecule has 0 aliphatic carbocycles. The number of carbonyl (C=O) groups is 2. The molecule has 0 saturated carbocycles. The number of benzene rings is 2. The van der Waals surface area contributed by atoms with Crippen LogP contribution in [0.2, 0.25) is 0 Å². The van der Waals surface area contributed by atoms with Crippen molar-refractivity contribution in [3.63, 3.8) is 0 Å².